The van der Waals surface area contributed by atoms with Gasteiger partial charge in [-0.05, 0) is 80.3 Å². The first-order valence-corrected chi connectivity index (χ1v) is 10.7. The zero-order valence-corrected chi connectivity index (χ0v) is 17.4. The number of benzene rings is 2. The van der Waals surface area contributed by atoms with Crippen LogP contribution in [0.25, 0.3) is 0 Å². The molecule has 0 atom stereocenters. The molecule has 2 aromatic carbocycles. The lowest BCUT2D eigenvalue weighted by Gasteiger charge is -2.34. The average Bonchev–Trinajstić information content (AvgIpc) is 2.72. The minimum atomic E-state index is 0.00181. The molecule has 0 aromatic heterocycles. The van der Waals surface area contributed by atoms with Crippen LogP contribution in [0.5, 0.6) is 0 Å². The number of anilines is 1. The number of nitrogens with one attached hydrogen (secondary N) is 1. The number of hydrogen-bond acceptors (Lipinski definition) is 2. The molecule has 1 saturated carbocycles. The number of fused-ring (bicyclic) bond motifs is 1. The van der Waals surface area contributed by atoms with Crippen LogP contribution in [0, 0.1) is 25.7 Å². The highest BCUT2D eigenvalue weighted by atomic mass is 16.2. The molecule has 4 nitrogen and oxygen atoms in total. The second-order valence-corrected chi connectivity index (χ2v) is 8.69. The molecule has 4 rings (SSSR count). The van der Waals surface area contributed by atoms with Crippen molar-refractivity contribution in [2.45, 2.75) is 52.5 Å². The molecular weight excluding hydrogens is 360 g/mol. The Morgan fingerprint density at radius 3 is 2.21 bits per heavy atom. The molecule has 2 amide bonds. The quantitative estimate of drug-likeness (QED) is 0.830. The van der Waals surface area contributed by atoms with E-state index in [1.54, 1.807) is 0 Å². The highest BCUT2D eigenvalue weighted by molar-refractivity contribution is 5.93. The van der Waals surface area contributed by atoms with E-state index in [4.69, 9.17) is 0 Å². The molecule has 152 valence electrons. The number of carbonyl (C=O) groups is 2. The van der Waals surface area contributed by atoms with Gasteiger partial charge in [0, 0.05) is 30.6 Å². The van der Waals surface area contributed by atoms with Gasteiger partial charge in [-0.1, -0.05) is 30.3 Å². The largest absolute Gasteiger partial charge is 0.338 e. The van der Waals surface area contributed by atoms with Gasteiger partial charge in [-0.25, -0.2) is 0 Å². The number of aryl methyl sites for hydroxylation is 2. The van der Waals surface area contributed by atoms with Crippen LogP contribution in [0.15, 0.2) is 42.5 Å². The Morgan fingerprint density at radius 2 is 1.52 bits per heavy atom. The molecule has 0 bridgehead atoms. The third-order valence-corrected chi connectivity index (χ3v) is 6.38. The predicted octanol–water partition coefficient (Wildman–Crippen LogP) is 4.63. The van der Waals surface area contributed by atoms with Crippen molar-refractivity contribution in [3.63, 3.8) is 0 Å². The molecule has 2 aromatic rings. The molecule has 0 unspecified atom stereocenters. The summed E-state index contributed by atoms with van der Waals surface area (Å²) in [6, 6.07) is 14.5. The van der Waals surface area contributed by atoms with E-state index >= 15 is 0 Å². The summed E-state index contributed by atoms with van der Waals surface area (Å²) in [4.78, 5) is 27.7. The number of amides is 2. The van der Waals surface area contributed by atoms with E-state index in [9.17, 15) is 9.59 Å². The molecule has 0 spiro atoms. The second kappa shape index (κ2) is 8.40. The van der Waals surface area contributed by atoms with E-state index in [2.05, 4.69) is 29.6 Å². The van der Waals surface area contributed by atoms with Gasteiger partial charge in [0.1, 0.15) is 0 Å². The number of carbonyl (C=O) groups excluding carboxylic acids is 2. The van der Waals surface area contributed by atoms with E-state index in [-0.39, 0.29) is 23.7 Å². The summed E-state index contributed by atoms with van der Waals surface area (Å²) < 4.78 is 0. The van der Waals surface area contributed by atoms with Crippen molar-refractivity contribution in [2.24, 2.45) is 11.8 Å². The van der Waals surface area contributed by atoms with Crippen molar-refractivity contribution >= 4 is 17.5 Å². The Hall–Kier alpha value is -2.62. The smallest absolute Gasteiger partial charge is 0.227 e. The maximum absolute atomic E-state index is 13.0. The summed E-state index contributed by atoms with van der Waals surface area (Å²) in [7, 11) is 0. The molecular formula is C25H30N2O2. The van der Waals surface area contributed by atoms with Crippen molar-refractivity contribution in [1.29, 1.82) is 0 Å². The van der Waals surface area contributed by atoms with Crippen molar-refractivity contribution in [1.82, 2.24) is 4.90 Å². The fourth-order valence-corrected chi connectivity index (χ4v) is 4.84. The summed E-state index contributed by atoms with van der Waals surface area (Å²) in [6.07, 6.45) is 4.13. The van der Waals surface area contributed by atoms with Crippen molar-refractivity contribution in [3.05, 3.63) is 64.7 Å². The Morgan fingerprint density at radius 1 is 0.897 bits per heavy atom. The highest BCUT2D eigenvalue weighted by Crippen LogP contribution is 2.32. The first-order chi connectivity index (χ1) is 14.0. The fraction of sp³-hybridized carbons (Fsp3) is 0.440. The van der Waals surface area contributed by atoms with Crippen molar-refractivity contribution in [3.8, 4) is 0 Å². The van der Waals surface area contributed by atoms with E-state index in [0.717, 1.165) is 62.0 Å². The topological polar surface area (TPSA) is 49.4 Å². The van der Waals surface area contributed by atoms with E-state index in [0.29, 0.717) is 0 Å². The van der Waals surface area contributed by atoms with E-state index in [1.807, 2.05) is 36.9 Å². The number of nitrogens with zero attached hydrogens (tertiary/aromatic N) is 1. The third kappa shape index (κ3) is 4.52. The Labute approximate surface area is 173 Å². The van der Waals surface area contributed by atoms with Gasteiger partial charge in [0.25, 0.3) is 0 Å². The first-order valence-electron chi connectivity index (χ1n) is 10.7. The van der Waals surface area contributed by atoms with Gasteiger partial charge < -0.3 is 10.2 Å². The Bertz CT molecular complexity index is 893. The lowest BCUT2D eigenvalue weighted by molar-refractivity contribution is -0.138. The molecule has 1 aliphatic carbocycles. The summed E-state index contributed by atoms with van der Waals surface area (Å²) >= 11 is 0. The summed E-state index contributed by atoms with van der Waals surface area (Å²) in [6.45, 7) is 5.61. The predicted molar refractivity (Wildman–Crippen MR) is 116 cm³/mol. The normalized spacial score (nSPS) is 21.4. The summed E-state index contributed by atoms with van der Waals surface area (Å²) in [5, 5.41) is 3.08. The second-order valence-electron chi connectivity index (χ2n) is 8.69. The minimum absolute atomic E-state index is 0.00181. The SMILES string of the molecule is Cc1cc(C)cc(NC(=O)C2CCC(C(=O)N3CCc4ccccc4C3)CC2)c1. The lowest BCUT2D eigenvalue weighted by Crippen LogP contribution is -2.41. The van der Waals surface area contributed by atoms with E-state index in [1.165, 1.54) is 11.1 Å². The van der Waals surface area contributed by atoms with Crippen LogP contribution in [-0.2, 0) is 22.6 Å². The standard InChI is InChI=1S/C25H30N2O2/c1-17-13-18(2)15-23(14-17)26-24(28)20-7-9-21(10-8-20)25(29)27-12-11-19-5-3-4-6-22(19)16-27/h3-6,13-15,20-21H,7-12,16H2,1-2H3,(H,26,28). The van der Waals surface area contributed by atoms with Gasteiger partial charge in [-0.2, -0.15) is 0 Å². The van der Waals surface area contributed by atoms with Gasteiger partial charge in [0.05, 0.1) is 0 Å². The monoisotopic (exact) mass is 390 g/mol. The van der Waals surface area contributed by atoms with E-state index < -0.39 is 0 Å². The molecule has 1 heterocycles. The average molecular weight is 391 g/mol. The Kier molecular flexibility index (Phi) is 5.70. The molecule has 29 heavy (non-hydrogen) atoms. The van der Waals surface area contributed by atoms with Crippen LogP contribution in [0.1, 0.15) is 47.9 Å². The maximum Gasteiger partial charge on any atom is 0.227 e. The van der Waals surface area contributed by atoms with Gasteiger partial charge >= 0.3 is 0 Å². The van der Waals surface area contributed by atoms with Crippen LogP contribution < -0.4 is 5.32 Å². The van der Waals surface area contributed by atoms with Crippen LogP contribution in [0.2, 0.25) is 0 Å². The summed E-state index contributed by atoms with van der Waals surface area (Å²) in [5.41, 5.74) is 5.81. The van der Waals surface area contributed by atoms with Crippen LogP contribution >= 0.6 is 0 Å². The summed E-state index contributed by atoms with van der Waals surface area (Å²) in [5.74, 6) is 0.424. The molecule has 0 saturated heterocycles. The molecule has 1 aliphatic heterocycles. The van der Waals surface area contributed by atoms with Crippen molar-refractivity contribution in [2.75, 3.05) is 11.9 Å². The molecule has 0 radical (unpaired) electrons. The third-order valence-electron chi connectivity index (χ3n) is 6.38. The minimum Gasteiger partial charge on any atom is -0.338 e. The van der Waals surface area contributed by atoms with Gasteiger partial charge in [-0.15, -0.1) is 0 Å². The fourth-order valence-electron chi connectivity index (χ4n) is 4.84. The maximum atomic E-state index is 13.0. The zero-order valence-electron chi connectivity index (χ0n) is 17.4. The molecule has 4 heteroatoms. The molecule has 1 N–H and O–H groups in total. The highest BCUT2D eigenvalue weighted by Gasteiger charge is 2.33. The van der Waals surface area contributed by atoms with Gasteiger partial charge in [0.15, 0.2) is 0 Å². The van der Waals surface area contributed by atoms with Gasteiger partial charge in [0.2, 0.25) is 11.8 Å². The first kappa shape index (κ1) is 19.7. The number of rotatable bonds is 3. The lowest BCUT2D eigenvalue weighted by atomic mass is 9.80. The molecule has 2 aliphatic rings. The van der Waals surface area contributed by atoms with Gasteiger partial charge in [-0.3, -0.25) is 9.59 Å². The molecule has 1 fully saturated rings. The van der Waals surface area contributed by atoms with Crippen LogP contribution in [0.3, 0.4) is 0 Å². The Balaban J connectivity index is 1.31. The van der Waals surface area contributed by atoms with Crippen LogP contribution in [-0.4, -0.2) is 23.3 Å². The van der Waals surface area contributed by atoms with Crippen molar-refractivity contribution < 1.29 is 9.59 Å². The zero-order chi connectivity index (χ0) is 20.4. The van der Waals surface area contributed by atoms with Crippen LogP contribution in [0.4, 0.5) is 5.69 Å². The number of hydrogen-bond donors (Lipinski definition) is 1.